The molecule has 0 bridgehead atoms. The Hall–Kier alpha value is -3.95. The fourth-order valence-electron chi connectivity index (χ4n) is 0.833. The van der Waals surface area contributed by atoms with Crippen molar-refractivity contribution in [1.29, 1.82) is 0 Å². The van der Waals surface area contributed by atoms with Gasteiger partial charge < -0.3 is 0 Å². The van der Waals surface area contributed by atoms with Crippen molar-refractivity contribution in [3.63, 3.8) is 0 Å². The minimum absolute atomic E-state index is 1.58. The van der Waals surface area contributed by atoms with Crippen LogP contribution in [0.4, 0.5) is 0 Å². The molecule has 137 valence electrons. The van der Waals surface area contributed by atoms with Gasteiger partial charge in [-0.2, -0.15) is 0 Å². The Kier molecular flexibility index (Phi) is 4.47. The van der Waals surface area contributed by atoms with Crippen LogP contribution in [0.1, 0.15) is 0 Å². The molecule has 0 saturated carbocycles. The van der Waals surface area contributed by atoms with E-state index in [0.29, 0.717) is 0 Å². The first-order chi connectivity index (χ1) is 10.8. The first-order valence-corrected chi connectivity index (χ1v) is 7.18. The number of hydrogen-bond donors (Lipinski definition) is 1. The number of rotatable bonds is 6. The molecular formula is C2H3CoN9O12. The molecule has 0 aliphatic heterocycles. The zero-order chi connectivity index (χ0) is 19.4. The summed E-state index contributed by atoms with van der Waals surface area (Å²) in [6.45, 7) is 0. The van der Waals surface area contributed by atoms with Crippen LogP contribution in [0.5, 0.6) is 0 Å². The second-order valence-corrected chi connectivity index (χ2v) is 8.24. The standard InChI is InChI=1S/C2H3N3.Co.6NO2/c1-2-4-5-3-1;;6*2-1-3/h1-2H,(H,3,4,5);;;;;;;. The van der Waals surface area contributed by atoms with Gasteiger partial charge in [-0.25, -0.2) is 0 Å². The van der Waals surface area contributed by atoms with Gasteiger partial charge >= 0.3 is 96.3 Å². The van der Waals surface area contributed by atoms with Gasteiger partial charge in [-0.1, -0.05) is 5.21 Å². The Morgan fingerprint density at radius 1 is 0.667 bits per heavy atom. The van der Waals surface area contributed by atoms with E-state index in [2.05, 4.69) is 15.4 Å². The van der Waals surface area contributed by atoms with Gasteiger partial charge in [0.25, 0.3) is 0 Å². The molecule has 1 N–H and O–H groups in total. The molecule has 22 heteroatoms. The normalized spacial score (nSPS) is 13.2. The summed E-state index contributed by atoms with van der Waals surface area (Å²) >= 11 is -10.3. The molecule has 1 rings (SSSR count). The fraction of sp³-hybridized carbons (Fsp3) is 0. The average Bonchev–Trinajstić information content (AvgIpc) is 2.96. The Bertz CT molecular complexity index is 590. The third-order valence-electron chi connectivity index (χ3n) is 1.96. The van der Waals surface area contributed by atoms with E-state index in [0.717, 1.165) is 0 Å². The van der Waals surface area contributed by atoms with Gasteiger partial charge in [-0.15, -0.1) is 5.10 Å². The minimum Gasteiger partial charge on any atom is -0.266 e. The summed E-state index contributed by atoms with van der Waals surface area (Å²) in [6.07, 6.45) is 3.24. The van der Waals surface area contributed by atoms with Crippen LogP contribution >= 0.6 is 0 Å². The summed E-state index contributed by atoms with van der Waals surface area (Å²) in [5.74, 6) is 0. The molecule has 0 aliphatic rings. The van der Waals surface area contributed by atoms with Gasteiger partial charge in [0.15, 0.2) is 0 Å². The van der Waals surface area contributed by atoms with Crippen LogP contribution in [0.15, 0.2) is 12.4 Å². The van der Waals surface area contributed by atoms with Gasteiger partial charge in [0.1, 0.15) is 0 Å². The predicted molar refractivity (Wildman–Crippen MR) is 58.3 cm³/mol. The van der Waals surface area contributed by atoms with E-state index in [1.807, 2.05) is 0 Å². The van der Waals surface area contributed by atoms with Crippen LogP contribution in [0.25, 0.3) is 0 Å². The summed E-state index contributed by atoms with van der Waals surface area (Å²) < 4.78 is -19.6. The Labute approximate surface area is 125 Å². The number of aromatic nitrogens is 3. The number of nitro groups is 6. The largest absolute Gasteiger partial charge is 0.266 e. The average molecular weight is 404 g/mol. The molecule has 0 atom stereocenters. The first kappa shape index (κ1) is 20.0. The fourth-order valence-corrected chi connectivity index (χ4v) is 2.92. The first-order valence-electron chi connectivity index (χ1n) is 4.39. The van der Waals surface area contributed by atoms with Crippen LogP contribution in [0.3, 0.4) is 0 Å². The van der Waals surface area contributed by atoms with Crippen LogP contribution in [0, 0.1) is 60.7 Å². The molecular weight excluding hydrogens is 401 g/mol. The molecule has 0 spiro atoms. The van der Waals surface area contributed by atoms with E-state index >= 15 is 0 Å². The number of hydrogen-bond acceptors (Lipinski definition) is 14. The quantitative estimate of drug-likeness (QED) is 0.402. The molecule has 0 aliphatic carbocycles. The van der Waals surface area contributed by atoms with Crippen molar-refractivity contribution in [2.75, 3.05) is 0 Å². The zero-order valence-electron chi connectivity index (χ0n) is 10.5. The van der Waals surface area contributed by atoms with E-state index in [9.17, 15) is 60.7 Å². The van der Waals surface area contributed by atoms with Crippen LogP contribution < -0.4 is 0 Å². The molecule has 24 heavy (non-hydrogen) atoms. The van der Waals surface area contributed by atoms with Gasteiger partial charge in [-0.3, -0.25) is 5.10 Å². The molecule has 1 aromatic heterocycles. The molecule has 1 aromatic rings. The third-order valence-corrected chi connectivity index (χ3v) is 7.06. The molecule has 0 unspecified atom stereocenters. The van der Waals surface area contributed by atoms with E-state index < -0.39 is 35.7 Å². The van der Waals surface area contributed by atoms with Crippen molar-refractivity contribution in [2.24, 2.45) is 0 Å². The van der Waals surface area contributed by atoms with Gasteiger partial charge in [0, 0.05) is 6.20 Å². The topological polar surface area (TPSA) is 300 Å². The molecule has 0 radical (unpaired) electrons. The zero-order valence-corrected chi connectivity index (χ0v) is 11.5. The summed E-state index contributed by atoms with van der Waals surface area (Å²) in [5, 5.41) is 72.4. The molecule has 0 amide bonds. The SMILES string of the molecule is O=[N+]([O-])[Co]([N+](=O)[O-])([N+](=O)[O-])([N+](=O)[O-])([N+](=O)[O-])[N+](=O)[O-].c1c[nH]nn1. The van der Waals surface area contributed by atoms with Crippen molar-refractivity contribution in [3.05, 3.63) is 73.1 Å². The summed E-state index contributed by atoms with van der Waals surface area (Å²) in [7, 11) is 0. The Morgan fingerprint density at radius 3 is 1.00 bits per heavy atom. The van der Waals surface area contributed by atoms with Crippen molar-refractivity contribution in [1.82, 2.24) is 15.4 Å². The second-order valence-electron chi connectivity index (χ2n) is 2.84. The van der Waals surface area contributed by atoms with Crippen molar-refractivity contribution in [3.8, 4) is 0 Å². The smallest absolute Gasteiger partial charge is 0.0690 e. The second kappa shape index (κ2) is 5.35. The monoisotopic (exact) mass is 404 g/mol. The maximum absolute atomic E-state index is 10.5. The summed E-state index contributed by atoms with van der Waals surface area (Å²) in [6, 6.07) is 0. The van der Waals surface area contributed by atoms with E-state index in [1.54, 1.807) is 12.4 Å². The summed E-state index contributed by atoms with van der Waals surface area (Å²) in [5.41, 5.74) is 0. The van der Waals surface area contributed by atoms with Crippen LogP contribution in [0.2, 0.25) is 0 Å². The van der Waals surface area contributed by atoms with Crippen molar-refractivity contribution < 1.29 is 35.7 Å². The Balaban J connectivity index is 0.000000889. The number of aromatic amines is 1. The maximum atomic E-state index is 10.5. The van der Waals surface area contributed by atoms with Crippen molar-refractivity contribution in [2.45, 2.75) is 0 Å². The molecule has 0 saturated heterocycles. The third kappa shape index (κ3) is 1.41. The van der Waals surface area contributed by atoms with Gasteiger partial charge in [0.2, 0.25) is 0 Å². The molecule has 21 nitrogen and oxygen atoms in total. The molecule has 1 heterocycles. The maximum Gasteiger partial charge on any atom is 0.0690 e. The molecule has 0 fully saturated rings. The van der Waals surface area contributed by atoms with E-state index in [4.69, 9.17) is 0 Å². The van der Waals surface area contributed by atoms with Crippen LogP contribution in [-0.2, 0) is 11.8 Å². The summed E-state index contributed by atoms with van der Waals surface area (Å²) in [4.78, 5) is 63.2. The Morgan fingerprint density at radius 2 is 0.958 bits per heavy atom. The van der Waals surface area contributed by atoms with Crippen molar-refractivity contribution >= 4 is 0 Å². The number of nitrogens with one attached hydrogen (secondary N) is 1. The number of H-pyrrole nitrogens is 1. The minimum atomic E-state index is -10.3. The molecule has 0 aromatic carbocycles. The van der Waals surface area contributed by atoms with E-state index in [1.165, 1.54) is 0 Å². The van der Waals surface area contributed by atoms with E-state index in [-0.39, 0.29) is 0 Å². The number of nitrogens with zero attached hydrogens (tertiary/aromatic N) is 8. The van der Waals surface area contributed by atoms with Crippen LogP contribution in [-0.4, -0.2) is 39.2 Å². The predicted octanol–water partition coefficient (Wildman–Crippen LogP) is -1.83. The van der Waals surface area contributed by atoms with Gasteiger partial charge in [0.05, 0.1) is 6.20 Å². The van der Waals surface area contributed by atoms with Gasteiger partial charge in [-0.05, 0) is 0 Å².